The Balaban J connectivity index is 2.52. The van der Waals surface area contributed by atoms with Gasteiger partial charge in [-0.3, -0.25) is 0 Å². The second kappa shape index (κ2) is 4.25. The molecule has 1 aliphatic rings. The summed E-state index contributed by atoms with van der Waals surface area (Å²) in [5, 5.41) is 0. The predicted molar refractivity (Wildman–Crippen MR) is 73.2 cm³/mol. The molecule has 0 aliphatic carbocycles. The molecule has 0 spiro atoms. The van der Waals surface area contributed by atoms with Gasteiger partial charge in [0, 0.05) is 5.54 Å². The highest BCUT2D eigenvalue weighted by molar-refractivity contribution is 5.47. The third-order valence-electron chi connectivity index (χ3n) is 4.15. The van der Waals surface area contributed by atoms with Gasteiger partial charge in [0.25, 0.3) is 0 Å². The predicted octanol–water partition coefficient (Wildman–Crippen LogP) is 2.32. The van der Waals surface area contributed by atoms with E-state index in [1.165, 1.54) is 5.56 Å². The first kappa shape index (κ1) is 13.4. The normalized spacial score (nSPS) is 18.3. The Kier molecular flexibility index (Phi) is 3.16. The fourth-order valence-electron chi connectivity index (χ4n) is 2.77. The zero-order chi connectivity index (χ0) is 13.6. The van der Waals surface area contributed by atoms with Gasteiger partial charge in [0.15, 0.2) is 0 Å². The topological polar surface area (TPSA) is 44.5 Å². The average Bonchev–Trinajstić information content (AvgIpc) is 2.12. The molecule has 1 heterocycles. The van der Waals surface area contributed by atoms with Crippen molar-refractivity contribution in [2.75, 3.05) is 20.3 Å². The van der Waals surface area contributed by atoms with E-state index < -0.39 is 0 Å². The number of benzene rings is 1. The molecule has 2 N–H and O–H groups in total. The Morgan fingerprint density at radius 2 is 1.72 bits per heavy atom. The van der Waals surface area contributed by atoms with E-state index in [2.05, 4.69) is 39.8 Å². The van der Waals surface area contributed by atoms with Crippen molar-refractivity contribution < 1.29 is 9.47 Å². The Morgan fingerprint density at radius 3 is 2.00 bits per heavy atom. The van der Waals surface area contributed by atoms with Crippen molar-refractivity contribution >= 4 is 0 Å². The summed E-state index contributed by atoms with van der Waals surface area (Å²) in [5.74, 6) is 0.962. The second-order valence-electron chi connectivity index (χ2n) is 5.94. The minimum Gasteiger partial charge on any atom is -0.496 e. The standard InChI is InChI=1S/C15H23NO2/c1-10-6-12(7-11(2)13(10)17-5)15(8-18-9-15)14(3,4)16/h6-7H,8-9,16H2,1-5H3. The first-order valence-corrected chi connectivity index (χ1v) is 6.34. The SMILES string of the molecule is COc1c(C)cc(C2(C(C)(C)N)COC2)cc1C. The summed E-state index contributed by atoms with van der Waals surface area (Å²) in [5.41, 5.74) is 9.57. The number of hydrogen-bond acceptors (Lipinski definition) is 3. The van der Waals surface area contributed by atoms with E-state index in [1.807, 2.05) is 0 Å². The van der Waals surface area contributed by atoms with Crippen molar-refractivity contribution in [2.24, 2.45) is 5.73 Å². The number of methoxy groups -OCH3 is 1. The molecule has 1 fully saturated rings. The van der Waals surface area contributed by atoms with Crippen molar-refractivity contribution in [3.05, 3.63) is 28.8 Å². The molecule has 1 aliphatic heterocycles. The molecule has 1 aromatic carbocycles. The van der Waals surface area contributed by atoms with E-state index in [9.17, 15) is 0 Å². The Hall–Kier alpha value is -1.06. The van der Waals surface area contributed by atoms with Gasteiger partial charge in [-0.25, -0.2) is 0 Å². The molecule has 0 aromatic heterocycles. The van der Waals surface area contributed by atoms with E-state index in [-0.39, 0.29) is 11.0 Å². The van der Waals surface area contributed by atoms with E-state index in [1.54, 1.807) is 7.11 Å². The zero-order valence-corrected chi connectivity index (χ0v) is 12.0. The maximum Gasteiger partial charge on any atom is 0.124 e. The fraction of sp³-hybridized carbons (Fsp3) is 0.600. The summed E-state index contributed by atoms with van der Waals surface area (Å²) in [7, 11) is 1.71. The number of aryl methyl sites for hydroxylation is 2. The largest absolute Gasteiger partial charge is 0.496 e. The van der Waals surface area contributed by atoms with Crippen molar-refractivity contribution in [2.45, 2.75) is 38.6 Å². The van der Waals surface area contributed by atoms with Crippen LogP contribution in [0.3, 0.4) is 0 Å². The van der Waals surface area contributed by atoms with Crippen LogP contribution in [0, 0.1) is 13.8 Å². The number of hydrogen-bond donors (Lipinski definition) is 1. The maximum atomic E-state index is 6.37. The van der Waals surface area contributed by atoms with E-state index in [0.29, 0.717) is 13.2 Å². The van der Waals surface area contributed by atoms with Crippen LogP contribution in [0.1, 0.15) is 30.5 Å². The van der Waals surface area contributed by atoms with Crippen molar-refractivity contribution in [1.82, 2.24) is 0 Å². The summed E-state index contributed by atoms with van der Waals surface area (Å²) < 4.78 is 10.9. The smallest absolute Gasteiger partial charge is 0.124 e. The molecule has 3 heteroatoms. The zero-order valence-electron chi connectivity index (χ0n) is 12.0. The van der Waals surface area contributed by atoms with Crippen LogP contribution in [-0.4, -0.2) is 25.9 Å². The van der Waals surface area contributed by atoms with Gasteiger partial charge < -0.3 is 15.2 Å². The maximum absolute atomic E-state index is 6.37. The molecule has 0 radical (unpaired) electrons. The van der Waals surface area contributed by atoms with E-state index >= 15 is 0 Å². The molecule has 0 saturated carbocycles. The monoisotopic (exact) mass is 249 g/mol. The van der Waals surface area contributed by atoms with Crippen LogP contribution in [0.5, 0.6) is 5.75 Å². The highest BCUT2D eigenvalue weighted by Crippen LogP contribution is 2.42. The third kappa shape index (κ3) is 1.82. The van der Waals surface area contributed by atoms with Gasteiger partial charge >= 0.3 is 0 Å². The molecule has 0 atom stereocenters. The van der Waals surface area contributed by atoms with Crippen LogP contribution < -0.4 is 10.5 Å². The van der Waals surface area contributed by atoms with Gasteiger partial charge in [0.2, 0.25) is 0 Å². The molecule has 3 nitrogen and oxygen atoms in total. The molecular formula is C15H23NO2. The summed E-state index contributed by atoms with van der Waals surface area (Å²) in [6.45, 7) is 9.69. The van der Waals surface area contributed by atoms with Gasteiger partial charge in [-0.2, -0.15) is 0 Å². The van der Waals surface area contributed by atoms with Gasteiger partial charge in [0.1, 0.15) is 5.75 Å². The van der Waals surface area contributed by atoms with E-state index in [0.717, 1.165) is 16.9 Å². The Bertz CT molecular complexity index is 433. The van der Waals surface area contributed by atoms with Crippen LogP contribution in [0.25, 0.3) is 0 Å². The third-order valence-corrected chi connectivity index (χ3v) is 4.15. The molecule has 0 bridgehead atoms. The first-order chi connectivity index (χ1) is 8.32. The Labute approximate surface area is 109 Å². The number of rotatable bonds is 3. The fourth-order valence-corrected chi connectivity index (χ4v) is 2.77. The summed E-state index contributed by atoms with van der Waals surface area (Å²) in [6, 6.07) is 4.37. The Morgan fingerprint density at radius 1 is 1.22 bits per heavy atom. The van der Waals surface area contributed by atoms with Crippen LogP contribution in [-0.2, 0) is 10.2 Å². The highest BCUT2D eigenvalue weighted by atomic mass is 16.5. The van der Waals surface area contributed by atoms with Gasteiger partial charge in [-0.05, 0) is 44.4 Å². The minimum absolute atomic E-state index is 0.0746. The molecule has 0 amide bonds. The average molecular weight is 249 g/mol. The van der Waals surface area contributed by atoms with Gasteiger partial charge in [-0.15, -0.1) is 0 Å². The van der Waals surface area contributed by atoms with Gasteiger partial charge in [0.05, 0.1) is 25.7 Å². The van der Waals surface area contributed by atoms with Crippen LogP contribution >= 0.6 is 0 Å². The van der Waals surface area contributed by atoms with Crippen molar-refractivity contribution in [1.29, 1.82) is 0 Å². The minimum atomic E-state index is -0.293. The summed E-state index contributed by atoms with van der Waals surface area (Å²) >= 11 is 0. The van der Waals surface area contributed by atoms with Gasteiger partial charge in [-0.1, -0.05) is 12.1 Å². The number of ether oxygens (including phenoxy) is 2. The molecule has 18 heavy (non-hydrogen) atoms. The lowest BCUT2D eigenvalue weighted by Crippen LogP contribution is -2.64. The molecule has 0 unspecified atom stereocenters. The summed E-state index contributed by atoms with van der Waals surface area (Å²) in [4.78, 5) is 0. The van der Waals surface area contributed by atoms with Crippen LogP contribution in [0.4, 0.5) is 0 Å². The lowest BCUT2D eigenvalue weighted by molar-refractivity contribution is -0.0919. The number of nitrogens with two attached hydrogens (primary N) is 1. The second-order valence-corrected chi connectivity index (χ2v) is 5.94. The summed E-state index contributed by atoms with van der Waals surface area (Å²) in [6.07, 6.45) is 0. The lowest BCUT2D eigenvalue weighted by Gasteiger charge is -2.51. The molecule has 1 aromatic rings. The van der Waals surface area contributed by atoms with E-state index in [4.69, 9.17) is 15.2 Å². The van der Waals surface area contributed by atoms with Crippen LogP contribution in [0.2, 0.25) is 0 Å². The van der Waals surface area contributed by atoms with Crippen LogP contribution in [0.15, 0.2) is 12.1 Å². The molecule has 1 saturated heterocycles. The molecular weight excluding hydrogens is 226 g/mol. The van der Waals surface area contributed by atoms with Crippen molar-refractivity contribution in [3.63, 3.8) is 0 Å². The lowest BCUT2D eigenvalue weighted by atomic mass is 9.65. The molecule has 100 valence electrons. The first-order valence-electron chi connectivity index (χ1n) is 6.34. The quantitative estimate of drug-likeness (QED) is 0.894. The highest BCUT2D eigenvalue weighted by Gasteiger charge is 2.50. The van der Waals surface area contributed by atoms with Crippen molar-refractivity contribution in [3.8, 4) is 5.75 Å². The molecule has 2 rings (SSSR count).